The fourth-order valence-electron chi connectivity index (χ4n) is 4.42. The van der Waals surface area contributed by atoms with Gasteiger partial charge in [0.2, 0.25) is 0 Å². The molecule has 2 nitrogen and oxygen atoms in total. The minimum absolute atomic E-state index is 0.0879. The van der Waals surface area contributed by atoms with Crippen LogP contribution in [0.25, 0.3) is 0 Å². The molecule has 3 fully saturated rings. The topological polar surface area (TPSA) is 18.5 Å². The molecule has 19 heavy (non-hydrogen) atoms. The van der Waals surface area contributed by atoms with Gasteiger partial charge in [-0.05, 0) is 37.0 Å². The van der Waals surface area contributed by atoms with Gasteiger partial charge in [-0.15, -0.1) is 0 Å². The first-order valence-electron chi connectivity index (χ1n) is 7.41. The van der Waals surface area contributed by atoms with E-state index in [1.54, 1.807) is 0 Å². The third-order valence-electron chi connectivity index (χ3n) is 5.74. The lowest BCUT2D eigenvalue weighted by molar-refractivity contribution is -0.0900. The Morgan fingerprint density at radius 1 is 1.11 bits per heavy atom. The summed E-state index contributed by atoms with van der Waals surface area (Å²) in [4.78, 5) is 0. The molecule has 0 spiro atoms. The van der Waals surface area contributed by atoms with Crippen LogP contribution in [-0.4, -0.2) is 11.7 Å². The van der Waals surface area contributed by atoms with Gasteiger partial charge >= 0.3 is 0 Å². The molecule has 0 N–H and O–H groups in total. The van der Waals surface area contributed by atoms with Crippen LogP contribution in [0, 0.1) is 17.3 Å². The average Bonchev–Trinajstić information content (AvgIpc) is 2.79. The number of hydrogen-bond donors (Lipinski definition) is 0. The van der Waals surface area contributed by atoms with Gasteiger partial charge in [0.05, 0.1) is 11.7 Å². The van der Waals surface area contributed by atoms with Gasteiger partial charge in [0.15, 0.2) is 6.29 Å². The maximum absolute atomic E-state index is 6.32. The Morgan fingerprint density at radius 3 is 2.58 bits per heavy atom. The van der Waals surface area contributed by atoms with E-state index in [-0.39, 0.29) is 18.0 Å². The van der Waals surface area contributed by atoms with E-state index in [2.05, 4.69) is 45.0 Å². The predicted molar refractivity (Wildman–Crippen MR) is 73.5 cm³/mol. The van der Waals surface area contributed by atoms with Crippen molar-refractivity contribution in [2.75, 3.05) is 0 Å². The lowest BCUT2D eigenvalue weighted by Crippen LogP contribution is -2.41. The average molecular weight is 258 g/mol. The summed E-state index contributed by atoms with van der Waals surface area (Å²) in [5.74, 6) is 1.52. The Hall–Kier alpha value is -0.860. The molecule has 1 aromatic rings. The van der Waals surface area contributed by atoms with Crippen LogP contribution in [-0.2, 0) is 9.47 Å². The van der Waals surface area contributed by atoms with Crippen LogP contribution in [0.1, 0.15) is 45.5 Å². The molecule has 102 valence electrons. The lowest BCUT2D eigenvalue weighted by Gasteiger charge is -2.32. The van der Waals surface area contributed by atoms with Gasteiger partial charge in [0.1, 0.15) is 0 Å². The third-order valence-corrected chi connectivity index (χ3v) is 5.74. The van der Waals surface area contributed by atoms with Crippen LogP contribution in [0.5, 0.6) is 0 Å². The van der Waals surface area contributed by atoms with Crippen molar-refractivity contribution in [1.29, 1.82) is 0 Å². The highest BCUT2D eigenvalue weighted by molar-refractivity contribution is 5.21. The summed E-state index contributed by atoms with van der Waals surface area (Å²) in [5, 5.41) is 0. The monoisotopic (exact) mass is 258 g/mol. The van der Waals surface area contributed by atoms with Crippen molar-refractivity contribution < 1.29 is 9.47 Å². The summed E-state index contributed by atoms with van der Waals surface area (Å²) >= 11 is 0. The largest absolute Gasteiger partial charge is 0.342 e. The number of hydrogen-bond acceptors (Lipinski definition) is 2. The van der Waals surface area contributed by atoms with Crippen molar-refractivity contribution in [3.63, 3.8) is 0 Å². The van der Waals surface area contributed by atoms with Crippen molar-refractivity contribution in [2.24, 2.45) is 17.3 Å². The highest BCUT2D eigenvalue weighted by Gasteiger charge is 2.70. The van der Waals surface area contributed by atoms with Crippen molar-refractivity contribution in [3.8, 4) is 0 Å². The normalized spacial score (nSPS) is 46.5. The SMILES string of the molecule is CC1(C)[C@@H]2[C@H]1CC[C@@]1(C)O[C@@H](c3ccccc3)O[C@@H]21. The number of benzene rings is 1. The Labute approximate surface area is 115 Å². The minimum atomic E-state index is -0.175. The van der Waals surface area contributed by atoms with Crippen LogP contribution in [0.2, 0.25) is 0 Å². The Balaban J connectivity index is 1.63. The molecule has 0 aromatic heterocycles. The highest BCUT2D eigenvalue weighted by atomic mass is 16.7. The first-order chi connectivity index (χ1) is 9.02. The molecule has 2 heteroatoms. The highest BCUT2D eigenvalue weighted by Crippen LogP contribution is 2.69. The zero-order valence-corrected chi connectivity index (χ0v) is 11.9. The fraction of sp³-hybridized carbons (Fsp3) is 0.647. The molecule has 1 heterocycles. The number of fused-ring (bicyclic) bond motifs is 3. The van der Waals surface area contributed by atoms with Gasteiger partial charge in [0.25, 0.3) is 0 Å². The second kappa shape index (κ2) is 3.62. The Bertz CT molecular complexity index is 495. The van der Waals surface area contributed by atoms with Gasteiger partial charge in [-0.1, -0.05) is 44.2 Å². The molecule has 0 bridgehead atoms. The van der Waals surface area contributed by atoms with Crippen molar-refractivity contribution >= 4 is 0 Å². The number of ether oxygens (including phenoxy) is 2. The second-order valence-corrected chi connectivity index (χ2v) is 7.22. The zero-order chi connectivity index (χ0) is 13.3. The van der Waals surface area contributed by atoms with E-state index in [4.69, 9.17) is 9.47 Å². The summed E-state index contributed by atoms with van der Waals surface area (Å²) < 4.78 is 12.6. The Morgan fingerprint density at radius 2 is 1.84 bits per heavy atom. The summed E-state index contributed by atoms with van der Waals surface area (Å²) in [6, 6.07) is 10.3. The van der Waals surface area contributed by atoms with Crippen molar-refractivity contribution in [3.05, 3.63) is 35.9 Å². The molecular formula is C17H22O2. The van der Waals surface area contributed by atoms with Crippen LogP contribution >= 0.6 is 0 Å². The van der Waals surface area contributed by atoms with Gasteiger partial charge in [0, 0.05) is 5.56 Å². The van der Waals surface area contributed by atoms with Gasteiger partial charge in [-0.3, -0.25) is 0 Å². The molecule has 1 aliphatic heterocycles. The van der Waals surface area contributed by atoms with Gasteiger partial charge in [-0.25, -0.2) is 0 Å². The summed E-state index contributed by atoms with van der Waals surface area (Å²) in [7, 11) is 0. The van der Waals surface area contributed by atoms with Crippen LogP contribution in [0.3, 0.4) is 0 Å². The lowest BCUT2D eigenvalue weighted by atomic mass is 9.84. The van der Waals surface area contributed by atoms with E-state index in [0.29, 0.717) is 11.3 Å². The minimum Gasteiger partial charge on any atom is -0.342 e. The summed E-state index contributed by atoms with van der Waals surface area (Å²) in [5.41, 5.74) is 1.50. The standard InChI is InChI=1S/C17H22O2/c1-16(2)12-9-10-17(3)14(13(12)16)18-15(19-17)11-7-5-4-6-8-11/h4-8,12-15H,9-10H2,1-3H3/t12-,13-,14+,15+,17-/m1/s1. The molecular weight excluding hydrogens is 236 g/mol. The predicted octanol–water partition coefficient (Wildman–Crippen LogP) is 3.93. The summed E-state index contributed by atoms with van der Waals surface area (Å²) in [6.07, 6.45) is 2.51. The second-order valence-electron chi connectivity index (χ2n) is 7.22. The van der Waals surface area contributed by atoms with E-state index < -0.39 is 0 Å². The van der Waals surface area contributed by atoms with Crippen molar-refractivity contribution in [1.82, 2.24) is 0 Å². The van der Waals surface area contributed by atoms with E-state index in [9.17, 15) is 0 Å². The quantitative estimate of drug-likeness (QED) is 0.760. The first kappa shape index (κ1) is 11.9. The van der Waals surface area contributed by atoms with Gasteiger partial charge in [-0.2, -0.15) is 0 Å². The summed E-state index contributed by atoms with van der Waals surface area (Å²) in [6.45, 7) is 7.01. The first-order valence-corrected chi connectivity index (χ1v) is 7.41. The molecule has 1 saturated heterocycles. The molecule has 0 amide bonds. The van der Waals surface area contributed by atoms with E-state index >= 15 is 0 Å². The van der Waals surface area contributed by atoms with Crippen molar-refractivity contribution in [2.45, 2.75) is 51.6 Å². The van der Waals surface area contributed by atoms with Crippen LogP contribution < -0.4 is 0 Å². The Kier molecular flexibility index (Phi) is 2.27. The molecule has 3 aliphatic rings. The molecule has 1 aromatic carbocycles. The zero-order valence-electron chi connectivity index (χ0n) is 11.9. The third kappa shape index (κ3) is 1.56. The van der Waals surface area contributed by atoms with Gasteiger partial charge < -0.3 is 9.47 Å². The van der Waals surface area contributed by atoms with Crippen LogP contribution in [0.4, 0.5) is 0 Å². The fourth-order valence-corrected chi connectivity index (χ4v) is 4.42. The molecule has 2 aliphatic carbocycles. The number of rotatable bonds is 1. The molecule has 2 saturated carbocycles. The molecule has 5 atom stereocenters. The molecule has 0 unspecified atom stereocenters. The molecule has 4 rings (SSSR count). The maximum Gasteiger partial charge on any atom is 0.185 e. The van der Waals surface area contributed by atoms with Crippen LogP contribution in [0.15, 0.2) is 30.3 Å². The smallest absolute Gasteiger partial charge is 0.185 e. The molecule has 0 radical (unpaired) electrons. The van der Waals surface area contributed by atoms with E-state index in [1.165, 1.54) is 6.42 Å². The maximum atomic E-state index is 6.32. The van der Waals surface area contributed by atoms with E-state index in [1.807, 2.05) is 6.07 Å². The van der Waals surface area contributed by atoms with E-state index in [0.717, 1.165) is 17.9 Å².